The summed E-state index contributed by atoms with van der Waals surface area (Å²) in [6, 6.07) is 10.1. The lowest BCUT2D eigenvalue weighted by atomic mass is 10.1. The van der Waals surface area contributed by atoms with E-state index < -0.39 is 18.5 Å². The summed E-state index contributed by atoms with van der Waals surface area (Å²) in [4.78, 5) is 23.4. The van der Waals surface area contributed by atoms with Gasteiger partial charge in [-0.3, -0.25) is 9.59 Å². The van der Waals surface area contributed by atoms with Gasteiger partial charge in [-0.05, 0) is 35.9 Å². The Balaban J connectivity index is 1.83. The summed E-state index contributed by atoms with van der Waals surface area (Å²) in [5, 5.41) is 3.23. The van der Waals surface area contributed by atoms with Crippen LogP contribution in [0.1, 0.15) is 5.56 Å². The normalized spacial score (nSPS) is 10.2. The van der Waals surface area contributed by atoms with Crippen LogP contribution >= 0.6 is 23.2 Å². The first kappa shape index (κ1) is 17.2. The SMILES string of the molecule is O=C(COC(=O)Cc1ccc(F)cc1)Nc1cc(Cl)ccc1Cl. The van der Waals surface area contributed by atoms with Gasteiger partial charge in [-0.2, -0.15) is 0 Å². The molecule has 0 spiro atoms. The summed E-state index contributed by atoms with van der Waals surface area (Å²) in [5.74, 6) is -1.52. The maximum Gasteiger partial charge on any atom is 0.310 e. The van der Waals surface area contributed by atoms with Crippen molar-refractivity contribution < 1.29 is 18.7 Å². The highest BCUT2D eigenvalue weighted by Gasteiger charge is 2.11. The summed E-state index contributed by atoms with van der Waals surface area (Å²) in [6.45, 7) is -0.455. The molecule has 0 unspecified atom stereocenters. The van der Waals surface area contributed by atoms with E-state index in [4.69, 9.17) is 27.9 Å². The number of anilines is 1. The number of carbonyl (C=O) groups excluding carboxylic acids is 2. The van der Waals surface area contributed by atoms with Crippen molar-refractivity contribution in [2.24, 2.45) is 0 Å². The van der Waals surface area contributed by atoms with Crippen molar-refractivity contribution in [3.8, 4) is 0 Å². The van der Waals surface area contributed by atoms with Crippen LogP contribution < -0.4 is 5.32 Å². The number of carbonyl (C=O) groups is 2. The van der Waals surface area contributed by atoms with Gasteiger partial charge in [0.15, 0.2) is 6.61 Å². The van der Waals surface area contributed by atoms with Crippen LogP contribution in [-0.4, -0.2) is 18.5 Å². The van der Waals surface area contributed by atoms with Crippen molar-refractivity contribution in [3.63, 3.8) is 0 Å². The molecule has 4 nitrogen and oxygen atoms in total. The fourth-order valence-corrected chi connectivity index (χ4v) is 2.08. The summed E-state index contributed by atoms with van der Waals surface area (Å²) in [7, 11) is 0. The van der Waals surface area contributed by atoms with Gasteiger partial charge < -0.3 is 10.1 Å². The average molecular weight is 356 g/mol. The summed E-state index contributed by atoms with van der Waals surface area (Å²) >= 11 is 11.7. The Morgan fingerprint density at radius 3 is 2.48 bits per heavy atom. The summed E-state index contributed by atoms with van der Waals surface area (Å²) in [5.41, 5.74) is 0.924. The monoisotopic (exact) mass is 355 g/mol. The van der Waals surface area contributed by atoms with Crippen molar-refractivity contribution in [2.45, 2.75) is 6.42 Å². The molecule has 0 saturated heterocycles. The molecule has 0 aromatic heterocycles. The molecule has 2 aromatic rings. The number of hydrogen-bond acceptors (Lipinski definition) is 3. The Bertz CT molecular complexity index is 720. The van der Waals surface area contributed by atoms with E-state index in [2.05, 4.69) is 5.32 Å². The van der Waals surface area contributed by atoms with Crippen LogP contribution in [0.2, 0.25) is 10.0 Å². The third kappa shape index (κ3) is 5.54. The van der Waals surface area contributed by atoms with Crippen LogP contribution in [0, 0.1) is 5.82 Å². The molecule has 2 aromatic carbocycles. The zero-order valence-electron chi connectivity index (χ0n) is 11.8. The Kier molecular flexibility index (Phi) is 5.96. The Hall–Kier alpha value is -2.11. The molecule has 0 radical (unpaired) electrons. The van der Waals surface area contributed by atoms with E-state index in [9.17, 15) is 14.0 Å². The van der Waals surface area contributed by atoms with Crippen molar-refractivity contribution >= 4 is 40.8 Å². The van der Waals surface area contributed by atoms with E-state index in [0.29, 0.717) is 21.3 Å². The third-order valence-corrected chi connectivity index (χ3v) is 3.39. The first-order chi connectivity index (χ1) is 10.9. The standard InChI is InChI=1S/C16H12Cl2FNO3/c17-11-3-6-13(18)14(8-11)20-15(21)9-23-16(22)7-10-1-4-12(19)5-2-10/h1-6,8H,7,9H2,(H,20,21). The largest absolute Gasteiger partial charge is 0.455 e. The predicted octanol–water partition coefficient (Wildman–Crippen LogP) is 3.86. The van der Waals surface area contributed by atoms with Gasteiger partial charge in [-0.25, -0.2) is 4.39 Å². The number of ether oxygens (including phenoxy) is 1. The van der Waals surface area contributed by atoms with Gasteiger partial charge in [0.2, 0.25) is 0 Å². The molecule has 0 aliphatic carbocycles. The molecule has 1 N–H and O–H groups in total. The molecule has 120 valence electrons. The predicted molar refractivity (Wildman–Crippen MR) is 86.2 cm³/mol. The quantitative estimate of drug-likeness (QED) is 0.828. The molecule has 1 amide bonds. The highest BCUT2D eigenvalue weighted by atomic mass is 35.5. The summed E-state index contributed by atoms with van der Waals surface area (Å²) in [6.07, 6.45) is -0.0501. The van der Waals surface area contributed by atoms with E-state index in [1.54, 1.807) is 12.1 Å². The van der Waals surface area contributed by atoms with E-state index >= 15 is 0 Å². The molecule has 7 heteroatoms. The van der Waals surface area contributed by atoms with Crippen molar-refractivity contribution in [1.82, 2.24) is 0 Å². The topological polar surface area (TPSA) is 55.4 Å². The van der Waals surface area contributed by atoms with Crippen LogP contribution in [-0.2, 0) is 20.7 Å². The maximum absolute atomic E-state index is 12.8. The Morgan fingerprint density at radius 1 is 1.09 bits per heavy atom. The van der Waals surface area contributed by atoms with E-state index in [0.717, 1.165) is 0 Å². The number of esters is 1. The number of rotatable bonds is 5. The van der Waals surface area contributed by atoms with E-state index in [1.165, 1.54) is 30.3 Å². The lowest BCUT2D eigenvalue weighted by Crippen LogP contribution is -2.21. The second kappa shape index (κ2) is 7.94. The molecular weight excluding hydrogens is 344 g/mol. The van der Waals surface area contributed by atoms with Crippen LogP contribution in [0.4, 0.5) is 10.1 Å². The lowest BCUT2D eigenvalue weighted by Gasteiger charge is -2.08. The third-order valence-electron chi connectivity index (χ3n) is 2.83. The fourth-order valence-electron chi connectivity index (χ4n) is 1.75. The number of benzene rings is 2. The van der Waals surface area contributed by atoms with Gasteiger partial charge in [0.25, 0.3) is 5.91 Å². The Labute approximate surface area is 142 Å². The number of halogens is 3. The zero-order valence-corrected chi connectivity index (χ0v) is 13.3. The van der Waals surface area contributed by atoms with Gasteiger partial charge in [0.05, 0.1) is 17.1 Å². The average Bonchev–Trinajstić information content (AvgIpc) is 2.51. The molecular formula is C16H12Cl2FNO3. The molecule has 0 saturated carbocycles. The van der Waals surface area contributed by atoms with Gasteiger partial charge in [0.1, 0.15) is 5.82 Å². The van der Waals surface area contributed by atoms with Gasteiger partial charge in [-0.1, -0.05) is 35.3 Å². The van der Waals surface area contributed by atoms with Crippen molar-refractivity contribution in [1.29, 1.82) is 0 Å². The van der Waals surface area contributed by atoms with Crippen LogP contribution in [0.3, 0.4) is 0 Å². The number of hydrogen-bond donors (Lipinski definition) is 1. The molecule has 0 aliphatic heterocycles. The molecule has 0 aliphatic rings. The highest BCUT2D eigenvalue weighted by Crippen LogP contribution is 2.25. The van der Waals surface area contributed by atoms with Crippen LogP contribution in [0.15, 0.2) is 42.5 Å². The second-order valence-corrected chi connectivity index (χ2v) is 5.48. The Morgan fingerprint density at radius 2 is 1.78 bits per heavy atom. The first-order valence-corrected chi connectivity index (χ1v) is 7.34. The minimum absolute atomic E-state index is 0.0501. The molecule has 23 heavy (non-hydrogen) atoms. The van der Waals surface area contributed by atoms with E-state index in [-0.39, 0.29) is 12.2 Å². The number of amides is 1. The van der Waals surface area contributed by atoms with Crippen molar-refractivity contribution in [3.05, 3.63) is 63.9 Å². The van der Waals surface area contributed by atoms with Crippen molar-refractivity contribution in [2.75, 3.05) is 11.9 Å². The first-order valence-electron chi connectivity index (χ1n) is 6.59. The molecule has 2 rings (SSSR count). The van der Waals surface area contributed by atoms with Gasteiger partial charge in [-0.15, -0.1) is 0 Å². The number of nitrogens with one attached hydrogen (secondary N) is 1. The van der Waals surface area contributed by atoms with Gasteiger partial charge in [0, 0.05) is 5.02 Å². The zero-order chi connectivity index (χ0) is 16.8. The molecule has 0 fully saturated rings. The summed E-state index contributed by atoms with van der Waals surface area (Å²) < 4.78 is 17.6. The minimum Gasteiger partial charge on any atom is -0.455 e. The van der Waals surface area contributed by atoms with Crippen LogP contribution in [0.25, 0.3) is 0 Å². The minimum atomic E-state index is -0.594. The fraction of sp³-hybridized carbons (Fsp3) is 0.125. The maximum atomic E-state index is 12.8. The van der Waals surface area contributed by atoms with Crippen LogP contribution in [0.5, 0.6) is 0 Å². The molecule has 0 heterocycles. The van der Waals surface area contributed by atoms with E-state index in [1.807, 2.05) is 0 Å². The second-order valence-electron chi connectivity index (χ2n) is 4.64. The lowest BCUT2D eigenvalue weighted by molar-refractivity contribution is -0.146. The molecule has 0 atom stereocenters. The smallest absolute Gasteiger partial charge is 0.310 e. The molecule has 0 bridgehead atoms. The van der Waals surface area contributed by atoms with Gasteiger partial charge >= 0.3 is 5.97 Å². The highest BCUT2D eigenvalue weighted by molar-refractivity contribution is 6.35.